The number of rotatable bonds is 9. The van der Waals surface area contributed by atoms with E-state index in [4.69, 9.17) is 9.84 Å². The Balaban J connectivity index is 0.00000385. The zero-order valence-corrected chi connectivity index (χ0v) is 17.9. The molecule has 0 aliphatic carbocycles. The Hall–Kier alpha value is -2.03. The second-order valence-electron chi connectivity index (χ2n) is 7.67. The van der Waals surface area contributed by atoms with Gasteiger partial charge in [-0.1, -0.05) is 30.3 Å². The van der Waals surface area contributed by atoms with Crippen molar-refractivity contribution in [3.05, 3.63) is 35.9 Å². The Morgan fingerprint density at radius 1 is 1.18 bits per heavy atom. The first-order valence-electron chi connectivity index (χ1n) is 9.93. The average molecular weight is 494 g/mol. The van der Waals surface area contributed by atoms with Crippen LogP contribution < -0.4 is 5.32 Å². The number of carbonyl (C=O) groups excluding carboxylic acids is 3. The summed E-state index contributed by atoms with van der Waals surface area (Å²) in [6.45, 7) is -0.118. The minimum absolute atomic E-state index is 0. The third-order valence-corrected chi connectivity index (χ3v) is 6.76. The van der Waals surface area contributed by atoms with E-state index in [0.29, 0.717) is 4.31 Å². The molecule has 3 atom stereocenters. The molecule has 1 unspecified atom stereocenters. The van der Waals surface area contributed by atoms with E-state index in [2.05, 4.69) is 5.32 Å². The Morgan fingerprint density at radius 3 is 2.45 bits per heavy atom. The number of carboxylic acid groups (broad SMARTS) is 1. The van der Waals surface area contributed by atoms with Crippen molar-refractivity contribution in [2.45, 2.75) is 38.0 Å². The van der Waals surface area contributed by atoms with Crippen LogP contribution in [0.2, 0.25) is 0 Å². The van der Waals surface area contributed by atoms with Crippen molar-refractivity contribution in [1.82, 2.24) is 9.62 Å². The van der Waals surface area contributed by atoms with E-state index in [1.165, 1.54) is 0 Å². The van der Waals surface area contributed by atoms with Gasteiger partial charge in [-0.3, -0.25) is 14.1 Å². The fraction of sp³-hybridized carbons (Fsp3) is 0.474. The number of likely N-dealkylation sites (tertiary alicyclic amines) is 1. The zero-order chi connectivity index (χ0) is 23.5. The van der Waals surface area contributed by atoms with Gasteiger partial charge >= 0.3 is 57.8 Å². The molecule has 2 fully saturated rings. The fourth-order valence-electron chi connectivity index (χ4n) is 4.37. The summed E-state index contributed by atoms with van der Waals surface area (Å²) in [5.41, 5.74) is 0.781. The topological polar surface area (TPSA) is 167 Å². The number of nitrogens with zero attached hydrogens (tertiary/aromatic N) is 2. The van der Waals surface area contributed by atoms with Crippen LogP contribution in [-0.2, 0) is 36.0 Å². The van der Waals surface area contributed by atoms with E-state index in [9.17, 15) is 32.1 Å². The Morgan fingerprint density at radius 2 is 1.85 bits per heavy atom. The summed E-state index contributed by atoms with van der Waals surface area (Å²) in [6, 6.07) is 7.02. The van der Waals surface area contributed by atoms with Gasteiger partial charge in [0.25, 0.3) is 5.91 Å². The molecule has 0 radical (unpaired) electrons. The predicted octanol–water partition coefficient (Wildman–Crippen LogP) is -0.742. The molecule has 3 rings (SSSR count). The van der Waals surface area contributed by atoms with Crippen molar-refractivity contribution < 1.29 is 46.5 Å². The minimum atomic E-state index is -4.76. The summed E-state index contributed by atoms with van der Waals surface area (Å²) in [5.74, 6) is -2.03. The number of ether oxygens (including phenoxy) is 1. The molecule has 0 bridgehead atoms. The monoisotopic (exact) mass is 494 g/mol. The van der Waals surface area contributed by atoms with Gasteiger partial charge in [-0.2, -0.15) is 8.42 Å². The quantitative estimate of drug-likeness (QED) is 0.132. The van der Waals surface area contributed by atoms with Gasteiger partial charge in [-0.05, 0) is 5.56 Å². The molecule has 176 valence electrons. The van der Waals surface area contributed by atoms with E-state index in [0.717, 1.165) is 5.56 Å². The number of esters is 1. The summed E-state index contributed by atoms with van der Waals surface area (Å²) in [6.07, 6.45) is -1.68. The first kappa shape index (κ1) is 27.2. The van der Waals surface area contributed by atoms with Crippen molar-refractivity contribution in [2.24, 2.45) is 0 Å². The van der Waals surface area contributed by atoms with Crippen LogP contribution in [0, 0.1) is 0 Å². The van der Waals surface area contributed by atoms with Gasteiger partial charge in [-0.25, -0.2) is 18.4 Å². The van der Waals surface area contributed by atoms with Crippen LogP contribution in [0.5, 0.6) is 0 Å². The number of amides is 3. The van der Waals surface area contributed by atoms with Gasteiger partial charge in [0, 0.05) is 6.42 Å². The molecule has 2 aliphatic rings. The molecule has 2 saturated heterocycles. The summed E-state index contributed by atoms with van der Waals surface area (Å²) >= 11 is 0. The molecule has 1 aromatic rings. The molecular weight excluding hydrogens is 469 g/mol. The third-order valence-electron chi connectivity index (χ3n) is 5.81. The summed E-state index contributed by atoms with van der Waals surface area (Å²) in [5, 5.41) is 11.0. The van der Waals surface area contributed by atoms with E-state index in [1.54, 1.807) is 24.3 Å². The van der Waals surface area contributed by atoms with Gasteiger partial charge in [0.15, 0.2) is 6.04 Å². The molecule has 0 aromatic heterocycles. The van der Waals surface area contributed by atoms with E-state index >= 15 is 0 Å². The molecule has 3 amide bonds. The Labute approximate surface area is 212 Å². The van der Waals surface area contributed by atoms with Gasteiger partial charge < -0.3 is 15.2 Å². The number of fused-ring (bicyclic) bond motifs is 1. The van der Waals surface area contributed by atoms with Crippen LogP contribution in [0.1, 0.15) is 24.8 Å². The molecule has 12 nitrogen and oxygen atoms in total. The molecule has 0 spiro atoms. The molecule has 2 heterocycles. The van der Waals surface area contributed by atoms with Crippen molar-refractivity contribution >= 4 is 63.7 Å². The van der Waals surface area contributed by atoms with Gasteiger partial charge in [-0.15, -0.1) is 0 Å². The first-order chi connectivity index (χ1) is 15.1. The average Bonchev–Trinajstić information content (AvgIpc) is 3.04. The van der Waals surface area contributed by atoms with Crippen LogP contribution in [0.15, 0.2) is 30.3 Å². The number of quaternary nitrogens is 1. The number of hydrogen-bond donors (Lipinski definition) is 3. The first-order valence-corrected chi connectivity index (χ1v) is 11.3. The maximum absolute atomic E-state index is 13.1. The van der Waals surface area contributed by atoms with Crippen molar-refractivity contribution in [3.8, 4) is 0 Å². The van der Waals surface area contributed by atoms with Crippen LogP contribution in [0.3, 0.4) is 0 Å². The number of carbonyl (C=O) groups is 4. The van der Waals surface area contributed by atoms with Gasteiger partial charge in [0.1, 0.15) is 19.2 Å². The van der Waals surface area contributed by atoms with Crippen LogP contribution >= 0.6 is 0 Å². The maximum atomic E-state index is 13.1. The van der Waals surface area contributed by atoms with E-state index in [-0.39, 0.29) is 75.1 Å². The molecule has 0 saturated carbocycles. The molecule has 3 N–H and O–H groups in total. The fourth-order valence-corrected chi connectivity index (χ4v) is 5.26. The summed E-state index contributed by atoms with van der Waals surface area (Å²) in [7, 11) is -4.76. The second-order valence-corrected chi connectivity index (χ2v) is 8.96. The standard InChI is InChI=1S/C19H23N3O9S.Na.H/c23-15(6-7-16(24)31-12-13-4-2-1-3-5-13)22(11-9-20-19(26)27)10-8-14-17(22)18(25)21(14)32(28,29)30;;/h1-5,14,17,20H,6-12H2,(H-,26,27,28,29,30);;/p+1/t14-,17+,22?;;/m1../s1. The van der Waals surface area contributed by atoms with Crippen molar-refractivity contribution in [2.75, 3.05) is 19.6 Å². The molecule has 33 heavy (non-hydrogen) atoms. The second kappa shape index (κ2) is 10.9. The Kier molecular flexibility index (Phi) is 9.01. The van der Waals surface area contributed by atoms with Gasteiger partial charge in [0.2, 0.25) is 0 Å². The molecular formula is C19H25N3NaO9S+. The van der Waals surface area contributed by atoms with Crippen LogP contribution in [-0.4, -0.2) is 112 Å². The molecule has 14 heteroatoms. The van der Waals surface area contributed by atoms with E-state index < -0.39 is 50.7 Å². The number of nitrogens with one attached hydrogen (secondary N) is 1. The molecule has 2 aliphatic heterocycles. The van der Waals surface area contributed by atoms with Gasteiger partial charge in [0.05, 0.1) is 25.9 Å². The third kappa shape index (κ3) is 5.91. The number of benzene rings is 1. The summed E-state index contributed by atoms with van der Waals surface area (Å²) in [4.78, 5) is 48.5. The van der Waals surface area contributed by atoms with Crippen molar-refractivity contribution in [1.29, 1.82) is 0 Å². The number of hydrogen-bond acceptors (Lipinski definition) is 7. The SMILES string of the molecule is O=C(O)NCC[N+]1(C(=O)CCC(=O)OCc2ccccc2)CC[C@@H]2[C@H]1C(=O)N2S(=O)(=O)O.[NaH]. The normalized spacial score (nSPS) is 23.7. The zero-order valence-electron chi connectivity index (χ0n) is 17.0. The van der Waals surface area contributed by atoms with Crippen LogP contribution in [0.25, 0.3) is 0 Å². The predicted molar refractivity (Wildman–Crippen MR) is 114 cm³/mol. The van der Waals surface area contributed by atoms with E-state index in [1.807, 2.05) is 6.07 Å². The molecule has 1 aromatic carbocycles. The number of β-lactam (4-membered cyclic amide) rings is 1. The van der Waals surface area contributed by atoms with Crippen molar-refractivity contribution in [3.63, 3.8) is 0 Å². The summed E-state index contributed by atoms with van der Waals surface area (Å²) < 4.78 is 37.2. The van der Waals surface area contributed by atoms with Crippen LogP contribution in [0.4, 0.5) is 4.79 Å². The Bertz CT molecular complexity index is 1020.